The fourth-order valence-corrected chi connectivity index (χ4v) is 2.17. The van der Waals surface area contributed by atoms with Crippen molar-refractivity contribution in [2.24, 2.45) is 5.73 Å². The van der Waals surface area contributed by atoms with E-state index in [1.807, 2.05) is 4.90 Å². The Labute approximate surface area is 120 Å². The summed E-state index contributed by atoms with van der Waals surface area (Å²) in [5.41, 5.74) is 6.17. The molecule has 7 heteroatoms. The van der Waals surface area contributed by atoms with Gasteiger partial charge in [-0.15, -0.1) is 5.10 Å². The lowest BCUT2D eigenvalue weighted by atomic mass is 10.1. The highest BCUT2D eigenvalue weighted by atomic mass is 16.5. The molecule has 0 atom stereocenters. The number of nitrogens with zero attached hydrogens (tertiary/aromatic N) is 4. The van der Waals surface area contributed by atoms with E-state index in [1.54, 1.807) is 13.3 Å². The van der Waals surface area contributed by atoms with Gasteiger partial charge in [0.1, 0.15) is 6.54 Å². The molecule has 1 aromatic heterocycles. The number of carbonyl (C=O) groups is 1. The van der Waals surface area contributed by atoms with E-state index in [0.717, 1.165) is 12.8 Å². The number of aromatic nitrogens is 3. The third-order valence-electron chi connectivity index (χ3n) is 3.33. The number of hydrogen-bond donors (Lipinski definition) is 1. The van der Waals surface area contributed by atoms with Crippen LogP contribution in [0.3, 0.4) is 0 Å². The Hall–Kier alpha value is -1.47. The summed E-state index contributed by atoms with van der Waals surface area (Å²) in [5, 5.41) is 7.80. The van der Waals surface area contributed by atoms with Gasteiger partial charge in [-0.2, -0.15) is 0 Å². The van der Waals surface area contributed by atoms with Gasteiger partial charge >= 0.3 is 0 Å². The fraction of sp³-hybridized carbons (Fsp3) is 0.769. The number of methoxy groups -OCH3 is 1. The average Bonchev–Trinajstić information content (AvgIpc) is 2.91. The molecule has 0 fully saturated rings. The number of hydrogen-bond acceptors (Lipinski definition) is 5. The van der Waals surface area contributed by atoms with E-state index >= 15 is 0 Å². The SMILES string of the molecule is CCC(CC)N(CCOC)C(=O)Cn1cc(CN)nn1. The van der Waals surface area contributed by atoms with Crippen molar-refractivity contribution in [3.8, 4) is 0 Å². The minimum absolute atomic E-state index is 0.0317. The van der Waals surface area contributed by atoms with Crippen LogP contribution in [-0.4, -0.2) is 52.1 Å². The first-order valence-electron chi connectivity index (χ1n) is 7.03. The van der Waals surface area contributed by atoms with Gasteiger partial charge in [0.15, 0.2) is 0 Å². The molecule has 0 radical (unpaired) electrons. The van der Waals surface area contributed by atoms with Crippen LogP contribution in [0.4, 0.5) is 0 Å². The standard InChI is InChI=1S/C13H25N5O2/c1-4-12(5-2)18(6-7-20-3)13(19)10-17-9-11(8-14)15-16-17/h9,12H,4-8,10,14H2,1-3H3. The predicted octanol–water partition coefficient (Wildman–Crippen LogP) is 0.400. The zero-order chi connectivity index (χ0) is 15.0. The van der Waals surface area contributed by atoms with E-state index in [0.29, 0.717) is 25.4 Å². The van der Waals surface area contributed by atoms with E-state index in [2.05, 4.69) is 24.2 Å². The van der Waals surface area contributed by atoms with Crippen molar-refractivity contribution in [1.82, 2.24) is 19.9 Å². The summed E-state index contributed by atoms with van der Waals surface area (Å²) in [7, 11) is 1.64. The lowest BCUT2D eigenvalue weighted by Gasteiger charge is -2.30. The maximum Gasteiger partial charge on any atom is 0.244 e. The summed E-state index contributed by atoms with van der Waals surface area (Å²) < 4.78 is 6.62. The molecular weight excluding hydrogens is 258 g/mol. The van der Waals surface area contributed by atoms with Gasteiger partial charge < -0.3 is 15.4 Å². The molecule has 0 aliphatic carbocycles. The minimum Gasteiger partial charge on any atom is -0.383 e. The first-order chi connectivity index (χ1) is 9.65. The molecule has 1 rings (SSSR count). The summed E-state index contributed by atoms with van der Waals surface area (Å²) in [6.07, 6.45) is 3.56. The normalized spacial score (nSPS) is 11.1. The van der Waals surface area contributed by atoms with Crippen LogP contribution in [0.2, 0.25) is 0 Å². The molecule has 0 aromatic carbocycles. The lowest BCUT2D eigenvalue weighted by Crippen LogP contribution is -2.43. The van der Waals surface area contributed by atoms with Gasteiger partial charge in [-0.1, -0.05) is 19.1 Å². The molecule has 2 N–H and O–H groups in total. The molecule has 20 heavy (non-hydrogen) atoms. The first kappa shape index (κ1) is 16.6. The largest absolute Gasteiger partial charge is 0.383 e. The molecule has 0 aliphatic rings. The number of amides is 1. The molecule has 1 aromatic rings. The summed E-state index contributed by atoms with van der Waals surface area (Å²) in [4.78, 5) is 14.3. The number of ether oxygens (including phenoxy) is 1. The van der Waals surface area contributed by atoms with E-state index in [9.17, 15) is 4.79 Å². The Morgan fingerprint density at radius 3 is 2.70 bits per heavy atom. The van der Waals surface area contributed by atoms with Crippen LogP contribution in [0.1, 0.15) is 32.4 Å². The third kappa shape index (κ3) is 4.57. The zero-order valence-corrected chi connectivity index (χ0v) is 12.6. The van der Waals surface area contributed by atoms with Crippen LogP contribution in [0, 0.1) is 0 Å². The van der Waals surface area contributed by atoms with Gasteiger partial charge in [0.05, 0.1) is 18.5 Å². The van der Waals surface area contributed by atoms with Gasteiger partial charge in [-0.05, 0) is 12.8 Å². The molecule has 0 aliphatic heterocycles. The highest BCUT2D eigenvalue weighted by Gasteiger charge is 2.21. The van der Waals surface area contributed by atoms with Gasteiger partial charge in [-0.25, -0.2) is 4.68 Å². The Morgan fingerprint density at radius 2 is 2.20 bits per heavy atom. The molecular formula is C13H25N5O2. The van der Waals surface area contributed by atoms with Gasteiger partial charge in [0.2, 0.25) is 5.91 Å². The molecule has 0 saturated carbocycles. The van der Waals surface area contributed by atoms with Crippen LogP contribution in [0.15, 0.2) is 6.20 Å². The van der Waals surface area contributed by atoms with Crippen molar-refractivity contribution in [2.75, 3.05) is 20.3 Å². The molecule has 0 bridgehead atoms. The Balaban J connectivity index is 2.70. The third-order valence-corrected chi connectivity index (χ3v) is 3.33. The van der Waals surface area contributed by atoms with E-state index < -0.39 is 0 Å². The van der Waals surface area contributed by atoms with Crippen LogP contribution in [-0.2, 0) is 22.6 Å². The summed E-state index contributed by atoms with van der Waals surface area (Å²) in [5.74, 6) is 0.0317. The molecule has 114 valence electrons. The second-order valence-corrected chi connectivity index (χ2v) is 4.66. The average molecular weight is 283 g/mol. The van der Waals surface area contributed by atoms with Crippen molar-refractivity contribution in [3.05, 3.63) is 11.9 Å². The summed E-state index contributed by atoms with van der Waals surface area (Å²) >= 11 is 0. The quantitative estimate of drug-likeness (QED) is 0.709. The fourth-order valence-electron chi connectivity index (χ4n) is 2.17. The summed E-state index contributed by atoms with van der Waals surface area (Å²) in [6, 6.07) is 0.232. The second kappa shape index (κ2) is 8.65. The van der Waals surface area contributed by atoms with E-state index in [-0.39, 0.29) is 18.5 Å². The monoisotopic (exact) mass is 283 g/mol. The highest BCUT2D eigenvalue weighted by Crippen LogP contribution is 2.09. The number of nitrogens with two attached hydrogens (primary N) is 1. The Kier molecular flexibility index (Phi) is 7.17. The lowest BCUT2D eigenvalue weighted by molar-refractivity contribution is -0.135. The van der Waals surface area contributed by atoms with E-state index in [1.165, 1.54) is 4.68 Å². The second-order valence-electron chi connectivity index (χ2n) is 4.66. The number of rotatable bonds is 9. The van der Waals surface area contributed by atoms with Crippen molar-refractivity contribution in [1.29, 1.82) is 0 Å². The van der Waals surface area contributed by atoms with Crippen molar-refractivity contribution < 1.29 is 9.53 Å². The topological polar surface area (TPSA) is 86.3 Å². The van der Waals surface area contributed by atoms with E-state index in [4.69, 9.17) is 10.5 Å². The molecule has 0 spiro atoms. The maximum atomic E-state index is 12.4. The smallest absolute Gasteiger partial charge is 0.244 e. The zero-order valence-electron chi connectivity index (χ0n) is 12.6. The molecule has 0 unspecified atom stereocenters. The first-order valence-corrected chi connectivity index (χ1v) is 7.03. The van der Waals surface area contributed by atoms with Crippen LogP contribution in [0.25, 0.3) is 0 Å². The van der Waals surface area contributed by atoms with Crippen molar-refractivity contribution in [3.63, 3.8) is 0 Å². The predicted molar refractivity (Wildman–Crippen MR) is 75.9 cm³/mol. The Morgan fingerprint density at radius 1 is 1.50 bits per heavy atom. The number of carbonyl (C=O) groups excluding carboxylic acids is 1. The summed E-state index contributed by atoms with van der Waals surface area (Å²) in [6.45, 7) is 5.82. The van der Waals surface area contributed by atoms with Crippen LogP contribution in [0.5, 0.6) is 0 Å². The van der Waals surface area contributed by atoms with Crippen molar-refractivity contribution >= 4 is 5.91 Å². The molecule has 1 heterocycles. The van der Waals surface area contributed by atoms with Crippen LogP contribution >= 0.6 is 0 Å². The maximum absolute atomic E-state index is 12.4. The highest BCUT2D eigenvalue weighted by molar-refractivity contribution is 5.76. The Bertz CT molecular complexity index is 403. The molecule has 0 saturated heterocycles. The van der Waals surface area contributed by atoms with Crippen LogP contribution < -0.4 is 5.73 Å². The van der Waals surface area contributed by atoms with Crippen molar-refractivity contribution in [2.45, 2.75) is 45.8 Å². The molecule has 7 nitrogen and oxygen atoms in total. The van der Waals surface area contributed by atoms with Gasteiger partial charge in [-0.3, -0.25) is 4.79 Å². The minimum atomic E-state index is 0.0317. The van der Waals surface area contributed by atoms with Gasteiger partial charge in [0.25, 0.3) is 0 Å². The molecule has 1 amide bonds. The van der Waals surface area contributed by atoms with Gasteiger partial charge in [0, 0.05) is 26.2 Å².